The van der Waals surface area contributed by atoms with E-state index >= 15 is 0 Å². The summed E-state index contributed by atoms with van der Waals surface area (Å²) in [4.78, 5) is 32.0. The number of para-hydroxylation sites is 1. The van der Waals surface area contributed by atoms with Crippen molar-refractivity contribution >= 4 is 23.0 Å². The standard InChI is InChI=1S/C15H14N4O6/c1-25-14-5-3-2-4-9(14)8-17-11-6-10(15(16)20)12(18(21)22)7-13(11)19(23)24/h2-7,17H,8H2,1H3,(H2,16,20). The Labute approximate surface area is 141 Å². The summed E-state index contributed by atoms with van der Waals surface area (Å²) in [5.41, 5.74) is 4.11. The molecule has 0 aromatic heterocycles. The number of benzene rings is 2. The summed E-state index contributed by atoms with van der Waals surface area (Å²) in [6.45, 7) is 0.140. The van der Waals surface area contributed by atoms with Crippen molar-refractivity contribution in [3.05, 3.63) is 67.8 Å². The summed E-state index contributed by atoms with van der Waals surface area (Å²) < 4.78 is 5.19. The van der Waals surface area contributed by atoms with Crippen molar-refractivity contribution in [3.8, 4) is 5.75 Å². The van der Waals surface area contributed by atoms with E-state index in [1.807, 2.05) is 0 Å². The highest BCUT2D eigenvalue weighted by atomic mass is 16.6. The third-order valence-corrected chi connectivity index (χ3v) is 3.43. The molecule has 0 aliphatic heterocycles. The summed E-state index contributed by atoms with van der Waals surface area (Å²) in [7, 11) is 1.48. The van der Waals surface area contributed by atoms with E-state index in [0.717, 1.165) is 6.07 Å². The first-order valence-electron chi connectivity index (χ1n) is 6.97. The van der Waals surface area contributed by atoms with Gasteiger partial charge in [-0.1, -0.05) is 18.2 Å². The Hall–Kier alpha value is -3.69. The van der Waals surface area contributed by atoms with Crippen molar-refractivity contribution in [2.45, 2.75) is 6.54 Å². The number of methoxy groups -OCH3 is 1. The maximum absolute atomic E-state index is 11.4. The van der Waals surface area contributed by atoms with Crippen molar-refractivity contribution < 1.29 is 19.4 Å². The van der Waals surface area contributed by atoms with E-state index in [4.69, 9.17) is 10.5 Å². The van der Waals surface area contributed by atoms with Crippen LogP contribution in [0.2, 0.25) is 0 Å². The van der Waals surface area contributed by atoms with Crippen molar-refractivity contribution in [3.63, 3.8) is 0 Å². The van der Waals surface area contributed by atoms with E-state index in [9.17, 15) is 25.0 Å². The Morgan fingerprint density at radius 1 is 1.16 bits per heavy atom. The first-order valence-corrected chi connectivity index (χ1v) is 6.97. The van der Waals surface area contributed by atoms with Gasteiger partial charge in [0.2, 0.25) is 0 Å². The van der Waals surface area contributed by atoms with Crippen molar-refractivity contribution in [2.24, 2.45) is 5.73 Å². The summed E-state index contributed by atoms with van der Waals surface area (Å²) >= 11 is 0. The van der Waals surface area contributed by atoms with Crippen LogP contribution in [-0.2, 0) is 6.54 Å². The minimum atomic E-state index is -1.05. The molecule has 10 heteroatoms. The van der Waals surface area contributed by atoms with Crippen LogP contribution in [0.4, 0.5) is 17.1 Å². The molecule has 25 heavy (non-hydrogen) atoms. The Balaban J connectivity index is 2.45. The molecule has 0 spiro atoms. The molecule has 2 rings (SSSR count). The van der Waals surface area contributed by atoms with E-state index < -0.39 is 32.7 Å². The smallest absolute Gasteiger partial charge is 0.299 e. The first-order chi connectivity index (χ1) is 11.8. The zero-order valence-electron chi connectivity index (χ0n) is 13.1. The zero-order chi connectivity index (χ0) is 18.6. The third-order valence-electron chi connectivity index (χ3n) is 3.43. The number of ether oxygens (including phenoxy) is 1. The van der Waals surface area contributed by atoms with Gasteiger partial charge in [-0.3, -0.25) is 25.0 Å². The lowest BCUT2D eigenvalue weighted by Crippen LogP contribution is -2.15. The Kier molecular flexibility index (Phi) is 5.12. The molecular formula is C15H14N4O6. The van der Waals surface area contributed by atoms with E-state index in [1.54, 1.807) is 24.3 Å². The predicted octanol–water partition coefficient (Wildman–Crippen LogP) is 2.22. The lowest BCUT2D eigenvalue weighted by atomic mass is 10.1. The molecule has 0 aliphatic rings. The molecule has 10 nitrogen and oxygen atoms in total. The molecule has 0 bridgehead atoms. The monoisotopic (exact) mass is 346 g/mol. The SMILES string of the molecule is COc1ccccc1CNc1cc(C(N)=O)c([N+](=O)[O-])cc1[N+](=O)[O-]. The number of amides is 1. The number of hydrogen-bond donors (Lipinski definition) is 2. The van der Waals surface area contributed by atoms with Gasteiger partial charge in [0.1, 0.15) is 17.0 Å². The van der Waals surface area contributed by atoms with Crippen LogP contribution >= 0.6 is 0 Å². The fourth-order valence-electron chi connectivity index (χ4n) is 2.26. The fourth-order valence-corrected chi connectivity index (χ4v) is 2.26. The molecule has 0 saturated heterocycles. The number of rotatable bonds is 7. The Morgan fingerprint density at radius 3 is 2.36 bits per heavy atom. The number of nitrogens with one attached hydrogen (secondary N) is 1. The van der Waals surface area contributed by atoms with E-state index in [2.05, 4.69) is 5.32 Å². The molecule has 0 radical (unpaired) electrons. The quantitative estimate of drug-likeness (QED) is 0.576. The van der Waals surface area contributed by atoms with Crippen LogP contribution in [-0.4, -0.2) is 22.9 Å². The van der Waals surface area contributed by atoms with Crippen LogP contribution in [0.15, 0.2) is 36.4 Å². The molecule has 0 saturated carbocycles. The largest absolute Gasteiger partial charge is 0.496 e. The lowest BCUT2D eigenvalue weighted by molar-refractivity contribution is -0.393. The number of carbonyl (C=O) groups is 1. The number of hydrogen-bond acceptors (Lipinski definition) is 7. The minimum absolute atomic E-state index is 0.0599. The van der Waals surface area contributed by atoms with Gasteiger partial charge in [0.05, 0.1) is 23.0 Å². The molecule has 0 fully saturated rings. The van der Waals surface area contributed by atoms with Gasteiger partial charge >= 0.3 is 0 Å². The van der Waals surface area contributed by atoms with Crippen LogP contribution in [0.3, 0.4) is 0 Å². The highest BCUT2D eigenvalue weighted by Gasteiger charge is 2.27. The summed E-state index contributed by atoms with van der Waals surface area (Å²) in [5.74, 6) is -0.489. The average Bonchev–Trinajstić information content (AvgIpc) is 2.58. The number of nitro benzene ring substituents is 2. The molecule has 2 aromatic carbocycles. The number of nitro groups is 2. The molecule has 1 amide bonds. The van der Waals surface area contributed by atoms with Crippen molar-refractivity contribution in [1.29, 1.82) is 0 Å². The van der Waals surface area contributed by atoms with Gasteiger partial charge in [-0.25, -0.2) is 0 Å². The van der Waals surface area contributed by atoms with Gasteiger partial charge in [-0.15, -0.1) is 0 Å². The molecule has 0 atom stereocenters. The molecule has 0 unspecified atom stereocenters. The van der Waals surface area contributed by atoms with Gasteiger partial charge in [0.25, 0.3) is 17.3 Å². The zero-order valence-corrected chi connectivity index (χ0v) is 13.1. The van der Waals surface area contributed by atoms with Crippen LogP contribution in [0.1, 0.15) is 15.9 Å². The van der Waals surface area contributed by atoms with Crippen LogP contribution in [0.25, 0.3) is 0 Å². The van der Waals surface area contributed by atoms with Gasteiger partial charge in [-0.2, -0.15) is 0 Å². The van der Waals surface area contributed by atoms with E-state index in [1.165, 1.54) is 7.11 Å². The fraction of sp³-hybridized carbons (Fsp3) is 0.133. The Bertz CT molecular complexity index is 852. The van der Waals surface area contributed by atoms with E-state index in [-0.39, 0.29) is 12.2 Å². The van der Waals surface area contributed by atoms with Gasteiger partial charge in [-0.05, 0) is 12.1 Å². The summed E-state index contributed by atoms with van der Waals surface area (Å²) in [5, 5.41) is 25.0. The van der Waals surface area contributed by atoms with Gasteiger partial charge in [0, 0.05) is 12.1 Å². The maximum atomic E-state index is 11.4. The van der Waals surface area contributed by atoms with Gasteiger partial charge in [0.15, 0.2) is 0 Å². The lowest BCUT2D eigenvalue weighted by Gasteiger charge is -2.11. The highest BCUT2D eigenvalue weighted by molar-refractivity contribution is 5.99. The summed E-state index contributed by atoms with van der Waals surface area (Å²) in [6.07, 6.45) is 0. The van der Waals surface area contributed by atoms with Crippen LogP contribution in [0.5, 0.6) is 5.75 Å². The molecule has 2 aromatic rings. The molecular weight excluding hydrogens is 332 g/mol. The summed E-state index contributed by atoms with van der Waals surface area (Å²) in [6, 6.07) is 8.72. The average molecular weight is 346 g/mol. The van der Waals surface area contributed by atoms with Gasteiger partial charge < -0.3 is 15.8 Å². The number of nitrogens with zero attached hydrogens (tertiary/aromatic N) is 2. The van der Waals surface area contributed by atoms with E-state index in [0.29, 0.717) is 17.4 Å². The highest BCUT2D eigenvalue weighted by Crippen LogP contribution is 2.33. The first kappa shape index (κ1) is 17.7. The number of carbonyl (C=O) groups excluding carboxylic acids is 1. The predicted molar refractivity (Wildman–Crippen MR) is 88.6 cm³/mol. The topological polar surface area (TPSA) is 151 Å². The number of primary amides is 1. The number of nitrogens with two attached hydrogens (primary N) is 1. The van der Waals surface area contributed by atoms with Crippen molar-refractivity contribution in [1.82, 2.24) is 0 Å². The number of anilines is 1. The molecule has 3 N–H and O–H groups in total. The molecule has 130 valence electrons. The Morgan fingerprint density at radius 2 is 1.80 bits per heavy atom. The third kappa shape index (κ3) is 3.80. The minimum Gasteiger partial charge on any atom is -0.496 e. The second-order valence-corrected chi connectivity index (χ2v) is 4.93. The molecule has 0 aliphatic carbocycles. The second kappa shape index (κ2) is 7.25. The maximum Gasteiger partial charge on any atom is 0.299 e. The molecule has 0 heterocycles. The second-order valence-electron chi connectivity index (χ2n) is 4.93. The van der Waals surface area contributed by atoms with Crippen LogP contribution in [0, 0.1) is 20.2 Å². The van der Waals surface area contributed by atoms with Crippen molar-refractivity contribution in [2.75, 3.05) is 12.4 Å². The van der Waals surface area contributed by atoms with Crippen LogP contribution < -0.4 is 15.8 Å². The normalized spacial score (nSPS) is 10.1.